The first kappa shape index (κ1) is 15.7. The van der Waals surface area contributed by atoms with Gasteiger partial charge in [0.2, 0.25) is 0 Å². The molecule has 2 amide bonds. The van der Waals surface area contributed by atoms with Crippen molar-refractivity contribution in [2.45, 2.75) is 6.92 Å². The Kier molecular flexibility index (Phi) is 4.04. The topological polar surface area (TPSA) is 74.0 Å². The van der Waals surface area contributed by atoms with Crippen molar-refractivity contribution >= 4 is 28.4 Å². The van der Waals surface area contributed by atoms with Gasteiger partial charge in [-0.25, -0.2) is 4.39 Å². The van der Waals surface area contributed by atoms with E-state index in [0.29, 0.717) is 11.3 Å². The summed E-state index contributed by atoms with van der Waals surface area (Å²) in [7, 11) is 1.52. The molecule has 0 aliphatic rings. The molecule has 3 aromatic rings. The maximum atomic E-state index is 13.0. The lowest BCUT2D eigenvalue weighted by atomic mass is 10.1. The van der Waals surface area contributed by atoms with Crippen molar-refractivity contribution in [3.8, 4) is 0 Å². The molecule has 1 aromatic heterocycles. The fourth-order valence-electron chi connectivity index (χ4n) is 2.52. The molecule has 3 N–H and O–H groups in total. The fraction of sp³-hybridized carbons (Fsp3) is 0.111. The molecule has 0 spiro atoms. The number of carbonyl (C=O) groups excluding carboxylic acids is 2. The summed E-state index contributed by atoms with van der Waals surface area (Å²) in [5, 5.41) is 6.04. The van der Waals surface area contributed by atoms with Crippen LogP contribution in [0, 0.1) is 12.7 Å². The van der Waals surface area contributed by atoms with Gasteiger partial charge in [-0.15, -0.1) is 0 Å². The molecule has 0 aliphatic heterocycles. The standard InChI is InChI=1S/C18H16FN3O2/c1-10-3-8-14-13(9-10)15(16(21-14)18(24)20-2)22-17(23)11-4-6-12(19)7-5-11/h3-9,21H,1-2H3,(H,20,24)(H,22,23). The zero-order chi connectivity index (χ0) is 17.3. The summed E-state index contributed by atoms with van der Waals surface area (Å²) in [5.74, 6) is -1.17. The van der Waals surface area contributed by atoms with Gasteiger partial charge in [0.15, 0.2) is 0 Å². The number of carbonyl (C=O) groups is 2. The largest absolute Gasteiger partial charge is 0.354 e. The number of hydrogen-bond acceptors (Lipinski definition) is 2. The van der Waals surface area contributed by atoms with Crippen molar-refractivity contribution in [2.24, 2.45) is 0 Å². The molecule has 0 atom stereocenters. The van der Waals surface area contributed by atoms with Crippen LogP contribution in [0.15, 0.2) is 42.5 Å². The van der Waals surface area contributed by atoms with Crippen LogP contribution in [0.25, 0.3) is 10.9 Å². The van der Waals surface area contributed by atoms with Crippen LogP contribution in [0.4, 0.5) is 10.1 Å². The van der Waals surface area contributed by atoms with E-state index in [1.165, 1.54) is 31.3 Å². The number of benzene rings is 2. The highest BCUT2D eigenvalue weighted by molar-refractivity contribution is 6.15. The summed E-state index contributed by atoms with van der Waals surface area (Å²) < 4.78 is 13.0. The second-order valence-corrected chi connectivity index (χ2v) is 5.46. The third-order valence-electron chi connectivity index (χ3n) is 3.75. The Morgan fingerprint density at radius 1 is 1.04 bits per heavy atom. The number of fused-ring (bicyclic) bond motifs is 1. The smallest absolute Gasteiger partial charge is 0.269 e. The molecule has 0 unspecified atom stereocenters. The first-order valence-electron chi connectivity index (χ1n) is 7.41. The molecule has 0 saturated carbocycles. The Morgan fingerprint density at radius 2 is 1.75 bits per heavy atom. The fourth-order valence-corrected chi connectivity index (χ4v) is 2.52. The van der Waals surface area contributed by atoms with Gasteiger partial charge in [0, 0.05) is 23.5 Å². The van der Waals surface area contributed by atoms with Gasteiger partial charge in [-0.05, 0) is 43.3 Å². The van der Waals surface area contributed by atoms with Gasteiger partial charge in [0.1, 0.15) is 11.5 Å². The summed E-state index contributed by atoms with van der Waals surface area (Å²) in [6.45, 7) is 1.93. The Balaban J connectivity index is 2.06. The van der Waals surface area contributed by atoms with Gasteiger partial charge < -0.3 is 15.6 Å². The lowest BCUT2D eigenvalue weighted by molar-refractivity contribution is 0.0960. The lowest BCUT2D eigenvalue weighted by Crippen LogP contribution is -2.21. The van der Waals surface area contributed by atoms with Gasteiger partial charge in [-0.3, -0.25) is 9.59 Å². The maximum Gasteiger partial charge on any atom is 0.269 e. The Bertz CT molecular complexity index is 929. The summed E-state index contributed by atoms with van der Waals surface area (Å²) in [5.41, 5.74) is 2.73. The minimum atomic E-state index is -0.416. The van der Waals surface area contributed by atoms with Crippen LogP contribution in [0.3, 0.4) is 0 Å². The van der Waals surface area contributed by atoms with Crippen LogP contribution < -0.4 is 10.6 Å². The lowest BCUT2D eigenvalue weighted by Gasteiger charge is -2.07. The minimum Gasteiger partial charge on any atom is -0.354 e. The summed E-state index contributed by atoms with van der Waals surface area (Å²) >= 11 is 0. The van der Waals surface area contributed by atoms with Gasteiger partial charge in [-0.1, -0.05) is 11.6 Å². The van der Waals surface area contributed by atoms with E-state index in [1.54, 1.807) is 0 Å². The molecule has 2 aromatic carbocycles. The second kappa shape index (κ2) is 6.16. The molecule has 6 heteroatoms. The number of halogens is 1. The quantitative estimate of drug-likeness (QED) is 0.692. The number of hydrogen-bond donors (Lipinski definition) is 3. The molecular weight excluding hydrogens is 309 g/mol. The number of aromatic nitrogens is 1. The number of anilines is 1. The Hall–Kier alpha value is -3.15. The number of nitrogens with one attached hydrogen (secondary N) is 3. The number of rotatable bonds is 3. The maximum absolute atomic E-state index is 13.0. The third-order valence-corrected chi connectivity index (χ3v) is 3.75. The zero-order valence-electron chi connectivity index (χ0n) is 13.2. The average molecular weight is 325 g/mol. The summed E-state index contributed by atoms with van der Waals surface area (Å²) in [6, 6.07) is 10.9. The van der Waals surface area contributed by atoms with Crippen molar-refractivity contribution < 1.29 is 14.0 Å². The van der Waals surface area contributed by atoms with Crippen LogP contribution in [-0.2, 0) is 0 Å². The highest BCUT2D eigenvalue weighted by atomic mass is 19.1. The number of amides is 2. The van der Waals surface area contributed by atoms with Crippen LogP contribution in [0.5, 0.6) is 0 Å². The normalized spacial score (nSPS) is 10.6. The van der Waals surface area contributed by atoms with E-state index in [2.05, 4.69) is 15.6 Å². The van der Waals surface area contributed by atoms with E-state index in [1.807, 2.05) is 25.1 Å². The molecule has 0 radical (unpaired) electrons. The molecule has 0 aliphatic carbocycles. The van der Waals surface area contributed by atoms with Crippen molar-refractivity contribution in [1.29, 1.82) is 0 Å². The number of H-pyrrole nitrogens is 1. The SMILES string of the molecule is CNC(=O)c1[nH]c2ccc(C)cc2c1NC(=O)c1ccc(F)cc1. The van der Waals surface area contributed by atoms with E-state index in [4.69, 9.17) is 0 Å². The molecule has 0 fully saturated rings. The van der Waals surface area contributed by atoms with Crippen molar-refractivity contribution in [3.05, 3.63) is 65.1 Å². The molecule has 1 heterocycles. The average Bonchev–Trinajstić information content (AvgIpc) is 2.92. The van der Waals surface area contributed by atoms with Gasteiger partial charge in [-0.2, -0.15) is 0 Å². The molecule has 24 heavy (non-hydrogen) atoms. The van der Waals surface area contributed by atoms with Gasteiger partial charge >= 0.3 is 0 Å². The van der Waals surface area contributed by atoms with Gasteiger partial charge in [0.05, 0.1) is 5.69 Å². The van der Waals surface area contributed by atoms with E-state index >= 15 is 0 Å². The van der Waals surface area contributed by atoms with Crippen molar-refractivity contribution in [2.75, 3.05) is 12.4 Å². The van der Waals surface area contributed by atoms with Crippen LogP contribution in [0.2, 0.25) is 0 Å². The number of aryl methyl sites for hydroxylation is 1. The van der Waals surface area contributed by atoms with E-state index < -0.39 is 11.7 Å². The Morgan fingerprint density at radius 3 is 2.42 bits per heavy atom. The van der Waals surface area contributed by atoms with Crippen LogP contribution in [-0.4, -0.2) is 23.8 Å². The first-order valence-corrected chi connectivity index (χ1v) is 7.41. The minimum absolute atomic E-state index is 0.272. The van der Waals surface area contributed by atoms with Gasteiger partial charge in [0.25, 0.3) is 11.8 Å². The number of aromatic amines is 1. The first-order chi connectivity index (χ1) is 11.5. The van der Waals surface area contributed by atoms with Crippen LogP contribution >= 0.6 is 0 Å². The Labute approximate surface area is 137 Å². The van der Waals surface area contributed by atoms with Crippen molar-refractivity contribution in [1.82, 2.24) is 10.3 Å². The molecule has 0 saturated heterocycles. The molecular formula is C18H16FN3O2. The van der Waals surface area contributed by atoms with E-state index in [9.17, 15) is 14.0 Å². The van der Waals surface area contributed by atoms with Crippen LogP contribution in [0.1, 0.15) is 26.4 Å². The third kappa shape index (κ3) is 2.86. The highest BCUT2D eigenvalue weighted by Gasteiger charge is 2.19. The molecule has 5 nitrogen and oxygen atoms in total. The van der Waals surface area contributed by atoms with Crippen molar-refractivity contribution in [3.63, 3.8) is 0 Å². The zero-order valence-corrected chi connectivity index (χ0v) is 13.2. The molecule has 0 bridgehead atoms. The molecule has 3 rings (SSSR count). The van der Waals surface area contributed by atoms with E-state index in [-0.39, 0.29) is 11.6 Å². The predicted octanol–water partition coefficient (Wildman–Crippen LogP) is 3.23. The summed E-state index contributed by atoms with van der Waals surface area (Å²) in [6.07, 6.45) is 0. The second-order valence-electron chi connectivity index (χ2n) is 5.46. The monoisotopic (exact) mass is 325 g/mol. The summed E-state index contributed by atoms with van der Waals surface area (Å²) in [4.78, 5) is 27.6. The van der Waals surface area contributed by atoms with E-state index in [0.717, 1.165) is 16.5 Å². The highest BCUT2D eigenvalue weighted by Crippen LogP contribution is 2.29. The molecule has 122 valence electrons. The predicted molar refractivity (Wildman–Crippen MR) is 90.8 cm³/mol.